The van der Waals surface area contributed by atoms with Gasteiger partial charge in [0.15, 0.2) is 0 Å². The highest BCUT2D eigenvalue weighted by Gasteiger charge is 2.22. The Labute approximate surface area is 243 Å². The van der Waals surface area contributed by atoms with Crippen LogP contribution in [0.4, 0.5) is 23.0 Å². The van der Waals surface area contributed by atoms with Gasteiger partial charge in [-0.15, -0.1) is 0 Å². The van der Waals surface area contributed by atoms with E-state index in [1.54, 1.807) is 42.6 Å². The van der Waals surface area contributed by atoms with Crippen molar-refractivity contribution in [3.8, 4) is 11.4 Å². The Balaban J connectivity index is 1.21. The number of carbonyl (C=O) groups excluding carboxylic acids is 2. The van der Waals surface area contributed by atoms with Crippen LogP contribution >= 0.6 is 0 Å². The summed E-state index contributed by atoms with van der Waals surface area (Å²) in [5.41, 5.74) is 11.8. The quantitative estimate of drug-likeness (QED) is 0.264. The van der Waals surface area contributed by atoms with Crippen LogP contribution in [0.5, 0.6) is 0 Å². The highest BCUT2D eigenvalue weighted by molar-refractivity contribution is 6.05. The maximum absolute atomic E-state index is 13.2. The number of fused-ring (bicyclic) bond motifs is 1. The summed E-state index contributed by atoms with van der Waals surface area (Å²) in [5, 5.41) is 6.03. The number of nitrogen functional groups attached to an aromatic ring is 1. The van der Waals surface area contributed by atoms with Crippen molar-refractivity contribution in [3.05, 3.63) is 95.9 Å². The number of nitrogens with one attached hydrogen (secondary N) is 2. The topological polar surface area (TPSA) is 134 Å². The summed E-state index contributed by atoms with van der Waals surface area (Å²) in [6.45, 7) is 5.05. The van der Waals surface area contributed by atoms with Crippen LogP contribution in [0.2, 0.25) is 0 Å². The second-order valence-electron chi connectivity index (χ2n) is 10.3. The molecule has 5 aromatic rings. The molecule has 0 radical (unpaired) electrons. The lowest BCUT2D eigenvalue weighted by Gasteiger charge is -2.32. The number of imidazole rings is 1. The van der Waals surface area contributed by atoms with Crippen molar-refractivity contribution in [2.24, 2.45) is 0 Å². The molecular weight excluding hydrogens is 530 g/mol. The second-order valence-corrected chi connectivity index (χ2v) is 10.3. The molecule has 0 bridgehead atoms. The smallest absolute Gasteiger partial charge is 0.255 e. The monoisotopic (exact) mass is 561 g/mol. The normalized spacial score (nSPS) is 13.7. The number of anilines is 4. The summed E-state index contributed by atoms with van der Waals surface area (Å²) in [6, 6.07) is 19.6. The molecule has 2 amide bonds. The molecule has 1 aliphatic heterocycles. The minimum absolute atomic E-state index is 0.0108. The fourth-order valence-electron chi connectivity index (χ4n) is 4.98. The zero-order valence-electron chi connectivity index (χ0n) is 23.4. The Kier molecular flexibility index (Phi) is 7.24. The highest BCUT2D eigenvalue weighted by Crippen LogP contribution is 2.26. The first-order valence-electron chi connectivity index (χ1n) is 13.7. The van der Waals surface area contributed by atoms with Crippen LogP contribution in [0.15, 0.2) is 79.1 Å². The van der Waals surface area contributed by atoms with Gasteiger partial charge >= 0.3 is 0 Å². The van der Waals surface area contributed by atoms with E-state index >= 15 is 0 Å². The largest absolute Gasteiger partial charge is 0.397 e. The molecule has 42 heavy (non-hydrogen) atoms. The van der Waals surface area contributed by atoms with Crippen LogP contribution in [0.3, 0.4) is 0 Å². The third-order valence-corrected chi connectivity index (χ3v) is 7.34. The van der Waals surface area contributed by atoms with Crippen molar-refractivity contribution in [1.29, 1.82) is 0 Å². The highest BCUT2D eigenvalue weighted by atomic mass is 16.2. The van der Waals surface area contributed by atoms with Crippen LogP contribution in [0.1, 0.15) is 26.4 Å². The number of aryl methyl sites for hydroxylation is 1. The van der Waals surface area contributed by atoms with Crippen molar-refractivity contribution in [3.63, 3.8) is 0 Å². The molecule has 3 aromatic heterocycles. The molecule has 6 rings (SSSR count). The lowest BCUT2D eigenvalue weighted by molar-refractivity contribution is 0.0663. The maximum Gasteiger partial charge on any atom is 0.255 e. The van der Waals surface area contributed by atoms with Crippen LogP contribution in [0.25, 0.3) is 17.0 Å². The van der Waals surface area contributed by atoms with E-state index in [0.29, 0.717) is 47.2 Å². The van der Waals surface area contributed by atoms with Gasteiger partial charge in [0.2, 0.25) is 5.95 Å². The molecule has 0 spiro atoms. The maximum atomic E-state index is 13.2. The van der Waals surface area contributed by atoms with Crippen LogP contribution in [0, 0.1) is 6.92 Å². The molecule has 4 N–H and O–H groups in total. The minimum Gasteiger partial charge on any atom is -0.397 e. The molecular formula is C31H31N9O2. The first-order chi connectivity index (χ1) is 20.4. The van der Waals surface area contributed by atoms with Crippen molar-refractivity contribution >= 4 is 40.5 Å². The predicted octanol–water partition coefficient (Wildman–Crippen LogP) is 4.07. The molecule has 1 saturated heterocycles. The van der Waals surface area contributed by atoms with E-state index in [1.807, 2.05) is 52.8 Å². The molecule has 0 saturated carbocycles. The van der Waals surface area contributed by atoms with Crippen molar-refractivity contribution < 1.29 is 9.59 Å². The number of carbonyl (C=O) groups is 2. The average molecular weight is 562 g/mol. The molecule has 4 heterocycles. The van der Waals surface area contributed by atoms with Crippen molar-refractivity contribution in [2.45, 2.75) is 6.92 Å². The minimum atomic E-state index is -0.258. The summed E-state index contributed by atoms with van der Waals surface area (Å²) in [4.78, 5) is 43.8. The third kappa shape index (κ3) is 5.50. The number of likely N-dealkylation sites (N-methyl/N-ethyl adjacent to an activating group) is 1. The van der Waals surface area contributed by atoms with Gasteiger partial charge in [0, 0.05) is 49.8 Å². The molecule has 212 valence electrons. The van der Waals surface area contributed by atoms with E-state index < -0.39 is 0 Å². The SMILES string of the molecule is Cc1nc2ccc(C(=O)N3CCN(C)CC3)cn2c1-c1ccnc(Nc2ccc(C(=O)Nc3ccccc3N)cc2)n1. The van der Waals surface area contributed by atoms with Crippen molar-refractivity contribution in [1.82, 2.24) is 29.2 Å². The first kappa shape index (κ1) is 26.9. The lowest BCUT2D eigenvalue weighted by atomic mass is 10.2. The number of hydrogen-bond donors (Lipinski definition) is 3. The van der Waals surface area contributed by atoms with E-state index in [4.69, 9.17) is 15.7 Å². The molecule has 11 nitrogen and oxygen atoms in total. The molecule has 2 aromatic carbocycles. The standard InChI is InChI=1S/C31H31N9O2/c1-20-28(40-19-22(9-12-27(40)34-20)30(42)39-17-15-38(2)16-18-39)26-13-14-33-31(37-26)35-23-10-7-21(8-11-23)29(41)36-25-6-4-3-5-24(25)32/h3-14,19H,15-18,32H2,1-2H3,(H,36,41)(H,33,35,37). The fourth-order valence-corrected chi connectivity index (χ4v) is 4.98. The fraction of sp³-hybridized carbons (Fsp3) is 0.194. The van der Waals surface area contributed by atoms with E-state index in [-0.39, 0.29) is 11.8 Å². The van der Waals surface area contributed by atoms with Gasteiger partial charge in [-0.2, -0.15) is 0 Å². The number of piperazine rings is 1. The Morgan fingerprint density at radius 2 is 1.62 bits per heavy atom. The van der Waals surface area contributed by atoms with E-state index in [0.717, 1.165) is 35.8 Å². The lowest BCUT2D eigenvalue weighted by Crippen LogP contribution is -2.47. The predicted molar refractivity (Wildman–Crippen MR) is 163 cm³/mol. The zero-order valence-corrected chi connectivity index (χ0v) is 23.4. The number of nitrogens with two attached hydrogens (primary N) is 1. The summed E-state index contributed by atoms with van der Waals surface area (Å²) in [5.74, 6) is 0.142. The van der Waals surface area contributed by atoms with Gasteiger partial charge < -0.3 is 26.2 Å². The molecule has 0 atom stereocenters. The number of benzene rings is 2. The van der Waals surface area contributed by atoms with Crippen LogP contribution in [-0.2, 0) is 0 Å². The Morgan fingerprint density at radius 3 is 2.38 bits per heavy atom. The zero-order chi connectivity index (χ0) is 29.2. The second kappa shape index (κ2) is 11.3. The first-order valence-corrected chi connectivity index (χ1v) is 13.7. The number of pyridine rings is 1. The molecule has 1 fully saturated rings. The van der Waals surface area contributed by atoms with Crippen LogP contribution in [-0.4, -0.2) is 74.2 Å². The van der Waals surface area contributed by atoms with Gasteiger partial charge in [-0.1, -0.05) is 12.1 Å². The number of rotatable bonds is 6. The number of nitrogens with zero attached hydrogens (tertiary/aromatic N) is 6. The van der Waals surface area contributed by atoms with Gasteiger partial charge in [-0.25, -0.2) is 15.0 Å². The van der Waals surface area contributed by atoms with Gasteiger partial charge in [0.05, 0.1) is 34.0 Å². The molecule has 0 aliphatic carbocycles. The summed E-state index contributed by atoms with van der Waals surface area (Å²) >= 11 is 0. The van der Waals surface area contributed by atoms with E-state index in [9.17, 15) is 9.59 Å². The van der Waals surface area contributed by atoms with E-state index in [2.05, 4.69) is 27.6 Å². The Hall–Kier alpha value is -5.29. The average Bonchev–Trinajstić information content (AvgIpc) is 3.33. The summed E-state index contributed by atoms with van der Waals surface area (Å²) in [6.07, 6.45) is 3.52. The van der Waals surface area contributed by atoms with Gasteiger partial charge in [-0.05, 0) is 68.6 Å². The molecule has 11 heteroatoms. The van der Waals surface area contributed by atoms with Gasteiger partial charge in [0.1, 0.15) is 5.65 Å². The van der Waals surface area contributed by atoms with Crippen LogP contribution < -0.4 is 16.4 Å². The number of hydrogen-bond acceptors (Lipinski definition) is 8. The van der Waals surface area contributed by atoms with E-state index in [1.165, 1.54) is 0 Å². The Bertz CT molecular complexity index is 1770. The van der Waals surface area contributed by atoms with Gasteiger partial charge in [0.25, 0.3) is 11.8 Å². The number of aromatic nitrogens is 4. The Morgan fingerprint density at radius 1 is 0.881 bits per heavy atom. The summed E-state index contributed by atoms with van der Waals surface area (Å²) in [7, 11) is 2.07. The third-order valence-electron chi connectivity index (χ3n) is 7.34. The molecule has 0 unspecified atom stereocenters. The number of amides is 2. The number of para-hydroxylation sites is 2. The van der Waals surface area contributed by atoms with Crippen molar-refractivity contribution in [2.75, 3.05) is 49.6 Å². The summed E-state index contributed by atoms with van der Waals surface area (Å²) < 4.78 is 1.91. The molecule has 1 aliphatic rings. The van der Waals surface area contributed by atoms with Gasteiger partial charge in [-0.3, -0.25) is 14.0 Å².